The third-order valence-electron chi connectivity index (χ3n) is 3.30. The minimum atomic E-state index is -3.67. The van der Waals surface area contributed by atoms with Gasteiger partial charge in [-0.2, -0.15) is 0 Å². The van der Waals surface area contributed by atoms with E-state index in [4.69, 9.17) is 11.6 Å². The number of rotatable bonds is 4. The highest BCUT2D eigenvalue weighted by Crippen LogP contribution is 2.26. The lowest BCUT2D eigenvalue weighted by Crippen LogP contribution is -2.04. The zero-order valence-corrected chi connectivity index (χ0v) is 14.3. The Hall–Kier alpha value is -2.44. The lowest BCUT2D eigenvalue weighted by molar-refractivity contribution is 0.596. The standard InChI is InChI=1S/C17H14ClN3O2S/c1-12-7-8-16(19-11-12)21-17-10-14(9-15(18)20-17)24(22,23)13-5-3-2-4-6-13/h2-11H,1H3,(H,19,20,21). The molecule has 2 heterocycles. The summed E-state index contributed by atoms with van der Waals surface area (Å²) in [6.07, 6.45) is 1.70. The van der Waals surface area contributed by atoms with Gasteiger partial charge in [-0.15, -0.1) is 0 Å². The van der Waals surface area contributed by atoms with E-state index >= 15 is 0 Å². The Morgan fingerprint density at radius 3 is 2.38 bits per heavy atom. The Morgan fingerprint density at radius 2 is 1.71 bits per heavy atom. The van der Waals surface area contributed by atoms with E-state index in [9.17, 15) is 8.42 Å². The Labute approximate surface area is 145 Å². The van der Waals surface area contributed by atoms with Gasteiger partial charge in [0.15, 0.2) is 0 Å². The summed E-state index contributed by atoms with van der Waals surface area (Å²) in [5, 5.41) is 3.05. The molecule has 3 rings (SSSR count). The fourth-order valence-corrected chi connectivity index (χ4v) is 3.70. The first-order valence-electron chi connectivity index (χ1n) is 7.12. The van der Waals surface area contributed by atoms with Gasteiger partial charge in [0.1, 0.15) is 16.8 Å². The quantitative estimate of drug-likeness (QED) is 0.712. The van der Waals surface area contributed by atoms with Crippen LogP contribution in [0.2, 0.25) is 5.15 Å². The molecule has 0 radical (unpaired) electrons. The van der Waals surface area contributed by atoms with E-state index in [1.54, 1.807) is 30.5 Å². The average molecular weight is 360 g/mol. The highest BCUT2D eigenvalue weighted by atomic mass is 35.5. The van der Waals surface area contributed by atoms with Crippen molar-refractivity contribution in [3.8, 4) is 0 Å². The Morgan fingerprint density at radius 1 is 0.958 bits per heavy atom. The number of aromatic nitrogens is 2. The number of nitrogens with zero attached hydrogens (tertiary/aromatic N) is 2. The summed E-state index contributed by atoms with van der Waals surface area (Å²) in [5.74, 6) is 0.867. The molecule has 2 aromatic heterocycles. The number of sulfone groups is 1. The molecule has 1 N–H and O–H groups in total. The molecular formula is C17H14ClN3O2S. The third kappa shape index (κ3) is 3.55. The van der Waals surface area contributed by atoms with Crippen molar-refractivity contribution < 1.29 is 8.42 Å². The van der Waals surface area contributed by atoms with Gasteiger partial charge in [0.05, 0.1) is 9.79 Å². The molecule has 0 aliphatic carbocycles. The number of nitrogens with one attached hydrogen (secondary N) is 1. The fourth-order valence-electron chi connectivity index (χ4n) is 2.10. The number of anilines is 2. The Kier molecular flexibility index (Phi) is 4.51. The van der Waals surface area contributed by atoms with E-state index in [1.807, 2.05) is 13.0 Å². The molecule has 122 valence electrons. The Balaban J connectivity index is 1.99. The van der Waals surface area contributed by atoms with Gasteiger partial charge < -0.3 is 5.32 Å². The van der Waals surface area contributed by atoms with Gasteiger partial charge in [0.25, 0.3) is 0 Å². The predicted molar refractivity (Wildman–Crippen MR) is 93.4 cm³/mol. The third-order valence-corrected chi connectivity index (χ3v) is 5.24. The van der Waals surface area contributed by atoms with Crippen LogP contribution in [0.25, 0.3) is 0 Å². The van der Waals surface area contributed by atoms with Crippen LogP contribution in [0, 0.1) is 6.92 Å². The molecule has 0 unspecified atom stereocenters. The fraction of sp³-hybridized carbons (Fsp3) is 0.0588. The summed E-state index contributed by atoms with van der Waals surface area (Å²) in [6, 6.07) is 14.6. The van der Waals surface area contributed by atoms with Crippen molar-refractivity contribution in [1.82, 2.24) is 9.97 Å². The van der Waals surface area contributed by atoms with Crippen molar-refractivity contribution in [2.45, 2.75) is 16.7 Å². The summed E-state index contributed by atoms with van der Waals surface area (Å²) >= 11 is 6.00. The molecule has 0 spiro atoms. The van der Waals surface area contributed by atoms with Crippen LogP contribution < -0.4 is 5.32 Å². The summed E-state index contributed by atoms with van der Waals surface area (Å²) in [5.41, 5.74) is 1.02. The lowest BCUT2D eigenvalue weighted by atomic mass is 10.3. The molecule has 0 saturated heterocycles. The number of benzene rings is 1. The molecule has 5 nitrogen and oxygen atoms in total. The molecule has 3 aromatic rings. The molecule has 1 aromatic carbocycles. The van der Waals surface area contributed by atoms with Gasteiger partial charge in [-0.3, -0.25) is 0 Å². The number of halogens is 1. The van der Waals surface area contributed by atoms with Crippen LogP contribution in [-0.4, -0.2) is 18.4 Å². The van der Waals surface area contributed by atoms with Crippen molar-refractivity contribution in [2.24, 2.45) is 0 Å². The van der Waals surface area contributed by atoms with Crippen molar-refractivity contribution in [3.63, 3.8) is 0 Å². The molecule has 0 fully saturated rings. The second kappa shape index (κ2) is 6.59. The van der Waals surface area contributed by atoms with E-state index in [2.05, 4.69) is 15.3 Å². The maximum Gasteiger partial charge on any atom is 0.206 e. The second-order valence-corrected chi connectivity index (χ2v) is 7.51. The Bertz CT molecular complexity index is 959. The molecule has 0 bridgehead atoms. The topological polar surface area (TPSA) is 72.0 Å². The highest BCUT2D eigenvalue weighted by molar-refractivity contribution is 7.91. The molecule has 0 aliphatic heterocycles. The van der Waals surface area contributed by atoms with Crippen LogP contribution >= 0.6 is 11.6 Å². The largest absolute Gasteiger partial charge is 0.325 e. The maximum atomic E-state index is 12.7. The number of hydrogen-bond acceptors (Lipinski definition) is 5. The van der Waals surface area contributed by atoms with Crippen LogP contribution in [-0.2, 0) is 9.84 Å². The van der Waals surface area contributed by atoms with Crippen LogP contribution in [0.15, 0.2) is 70.6 Å². The summed E-state index contributed by atoms with van der Waals surface area (Å²) in [4.78, 5) is 8.59. The van der Waals surface area contributed by atoms with E-state index < -0.39 is 9.84 Å². The van der Waals surface area contributed by atoms with Gasteiger partial charge in [-0.1, -0.05) is 35.9 Å². The molecular weight excluding hydrogens is 346 g/mol. The molecule has 0 atom stereocenters. The first-order chi connectivity index (χ1) is 11.4. The molecule has 7 heteroatoms. The van der Waals surface area contributed by atoms with E-state index in [0.717, 1.165) is 5.56 Å². The lowest BCUT2D eigenvalue weighted by Gasteiger charge is -2.09. The average Bonchev–Trinajstić information content (AvgIpc) is 2.57. The number of aryl methyl sites for hydroxylation is 1. The number of hydrogen-bond donors (Lipinski definition) is 1. The van der Waals surface area contributed by atoms with Gasteiger partial charge in [-0.05, 0) is 42.8 Å². The maximum absolute atomic E-state index is 12.7. The number of pyridine rings is 2. The smallest absolute Gasteiger partial charge is 0.206 e. The molecule has 0 amide bonds. The van der Waals surface area contributed by atoms with Crippen molar-refractivity contribution in [1.29, 1.82) is 0 Å². The predicted octanol–water partition coefficient (Wildman–Crippen LogP) is 4.01. The van der Waals surface area contributed by atoms with Gasteiger partial charge in [-0.25, -0.2) is 18.4 Å². The summed E-state index contributed by atoms with van der Waals surface area (Å²) in [6.45, 7) is 1.93. The van der Waals surface area contributed by atoms with Gasteiger partial charge in [0, 0.05) is 6.20 Å². The van der Waals surface area contributed by atoms with Crippen molar-refractivity contribution >= 4 is 33.1 Å². The van der Waals surface area contributed by atoms with Gasteiger partial charge in [0.2, 0.25) is 9.84 Å². The minimum absolute atomic E-state index is 0.0725. The molecule has 0 saturated carbocycles. The minimum Gasteiger partial charge on any atom is -0.325 e. The first kappa shape index (κ1) is 16.4. The molecule has 0 aliphatic rings. The monoisotopic (exact) mass is 359 g/mol. The molecule has 24 heavy (non-hydrogen) atoms. The van der Waals surface area contributed by atoms with Crippen LogP contribution in [0.1, 0.15) is 5.56 Å². The van der Waals surface area contributed by atoms with Crippen molar-refractivity contribution in [3.05, 3.63) is 71.5 Å². The zero-order chi connectivity index (χ0) is 17.2. The summed E-state index contributed by atoms with van der Waals surface area (Å²) < 4.78 is 25.4. The van der Waals surface area contributed by atoms with Crippen LogP contribution in [0.4, 0.5) is 11.6 Å². The SMILES string of the molecule is Cc1ccc(Nc2cc(S(=O)(=O)c3ccccc3)cc(Cl)n2)nc1. The van der Waals surface area contributed by atoms with E-state index in [-0.39, 0.29) is 14.9 Å². The van der Waals surface area contributed by atoms with Crippen LogP contribution in [0.3, 0.4) is 0 Å². The highest BCUT2D eigenvalue weighted by Gasteiger charge is 2.19. The second-order valence-electron chi connectivity index (χ2n) is 5.17. The van der Waals surface area contributed by atoms with E-state index in [0.29, 0.717) is 11.6 Å². The zero-order valence-electron chi connectivity index (χ0n) is 12.8. The normalized spacial score (nSPS) is 11.2. The van der Waals surface area contributed by atoms with E-state index in [1.165, 1.54) is 24.3 Å². The summed E-state index contributed by atoms with van der Waals surface area (Å²) in [7, 11) is -3.67. The van der Waals surface area contributed by atoms with Crippen molar-refractivity contribution in [2.75, 3.05) is 5.32 Å². The first-order valence-corrected chi connectivity index (χ1v) is 8.99. The van der Waals surface area contributed by atoms with Crippen LogP contribution in [0.5, 0.6) is 0 Å². The van der Waals surface area contributed by atoms with Gasteiger partial charge >= 0.3 is 0 Å².